The number of esters is 1. The highest BCUT2D eigenvalue weighted by atomic mass is 16.7. The van der Waals surface area contributed by atoms with Crippen molar-refractivity contribution in [2.75, 3.05) is 6.54 Å². The number of ether oxygens (including phenoxy) is 2. The summed E-state index contributed by atoms with van der Waals surface area (Å²) in [5.41, 5.74) is 0.0517. The van der Waals surface area contributed by atoms with Gasteiger partial charge in [0.2, 0.25) is 6.29 Å². The first-order valence-electron chi connectivity index (χ1n) is 11.3. The van der Waals surface area contributed by atoms with Crippen molar-refractivity contribution in [3.05, 3.63) is 0 Å². The fourth-order valence-electron chi connectivity index (χ4n) is 6.73. The van der Waals surface area contributed by atoms with Crippen LogP contribution in [-0.2, 0) is 14.3 Å². The predicted octanol–water partition coefficient (Wildman–Crippen LogP) is 4.47. The van der Waals surface area contributed by atoms with Crippen molar-refractivity contribution in [3.63, 3.8) is 0 Å². The Balaban J connectivity index is 1.58. The minimum Gasteiger partial charge on any atom is -0.435 e. The molecule has 27 heavy (non-hydrogen) atoms. The number of hydrogen-bond acceptors (Lipinski definition) is 4. The second kappa shape index (κ2) is 7.02. The zero-order valence-electron chi connectivity index (χ0n) is 18.1. The molecule has 3 saturated heterocycles. The molecular weight excluding hydrogens is 338 g/mol. The summed E-state index contributed by atoms with van der Waals surface area (Å²) in [7, 11) is 0. The van der Waals surface area contributed by atoms with Crippen molar-refractivity contribution in [1.82, 2.24) is 4.90 Å². The van der Waals surface area contributed by atoms with Gasteiger partial charge >= 0.3 is 5.97 Å². The van der Waals surface area contributed by atoms with Gasteiger partial charge < -0.3 is 9.47 Å². The lowest BCUT2D eigenvalue weighted by Gasteiger charge is -2.53. The average molecular weight is 378 g/mol. The molecule has 4 nitrogen and oxygen atoms in total. The number of carbonyl (C=O) groups excluding carboxylic acids is 1. The van der Waals surface area contributed by atoms with Gasteiger partial charge in [0.15, 0.2) is 0 Å². The summed E-state index contributed by atoms with van der Waals surface area (Å²) in [6.45, 7) is 15.0. The molecule has 0 aromatic heterocycles. The normalized spacial score (nSPS) is 47.0. The zero-order valence-corrected chi connectivity index (χ0v) is 18.1. The maximum atomic E-state index is 12.9. The molecule has 0 radical (unpaired) electrons. The Hall–Kier alpha value is -0.610. The van der Waals surface area contributed by atoms with Crippen LogP contribution < -0.4 is 0 Å². The second-order valence-corrected chi connectivity index (χ2v) is 10.8. The number of fused-ring (bicyclic) bond motifs is 3. The van der Waals surface area contributed by atoms with Crippen molar-refractivity contribution < 1.29 is 14.3 Å². The van der Waals surface area contributed by atoms with Crippen molar-refractivity contribution in [3.8, 4) is 0 Å². The van der Waals surface area contributed by atoms with E-state index in [0.29, 0.717) is 29.7 Å². The lowest BCUT2D eigenvalue weighted by atomic mass is 9.66. The second-order valence-electron chi connectivity index (χ2n) is 10.8. The quantitative estimate of drug-likeness (QED) is 0.680. The molecule has 3 heterocycles. The van der Waals surface area contributed by atoms with E-state index in [0.717, 1.165) is 13.0 Å². The van der Waals surface area contributed by atoms with Crippen LogP contribution in [0.2, 0.25) is 0 Å². The van der Waals surface area contributed by atoms with Gasteiger partial charge in [-0.2, -0.15) is 0 Å². The van der Waals surface area contributed by atoms with Crippen LogP contribution in [0.5, 0.6) is 0 Å². The molecule has 0 aromatic rings. The Bertz CT molecular complexity index is 574. The van der Waals surface area contributed by atoms with Gasteiger partial charge in [-0.3, -0.25) is 9.69 Å². The summed E-state index contributed by atoms with van der Waals surface area (Å²) in [5.74, 6) is 2.37. The summed E-state index contributed by atoms with van der Waals surface area (Å²) in [6.07, 6.45) is 5.90. The SMILES string of the molecule is CC(C)[C@@H]1CC[C@@H](C)C[C@H]1O[C@@H]1OC(=O)[C@@H]2[C@H]1[C@H]1CCCN1C(C)(C)[C@H]2C. The molecule has 8 atom stereocenters. The Morgan fingerprint density at radius 1 is 1.19 bits per heavy atom. The van der Waals surface area contributed by atoms with Gasteiger partial charge in [-0.15, -0.1) is 0 Å². The lowest BCUT2D eigenvalue weighted by Crippen LogP contribution is -2.62. The van der Waals surface area contributed by atoms with Crippen molar-refractivity contribution >= 4 is 5.97 Å². The number of piperidine rings is 1. The third kappa shape index (κ3) is 3.15. The third-order valence-corrected chi connectivity index (χ3v) is 8.64. The van der Waals surface area contributed by atoms with Crippen LogP contribution in [0, 0.1) is 35.5 Å². The van der Waals surface area contributed by atoms with Crippen LogP contribution in [0.15, 0.2) is 0 Å². The van der Waals surface area contributed by atoms with E-state index >= 15 is 0 Å². The maximum Gasteiger partial charge on any atom is 0.312 e. The van der Waals surface area contributed by atoms with E-state index in [1.165, 1.54) is 25.7 Å². The first-order valence-corrected chi connectivity index (χ1v) is 11.3. The summed E-state index contributed by atoms with van der Waals surface area (Å²) >= 11 is 0. The van der Waals surface area contributed by atoms with Crippen LogP contribution >= 0.6 is 0 Å². The molecule has 0 aromatic carbocycles. The lowest BCUT2D eigenvalue weighted by molar-refractivity contribution is -0.204. The molecule has 1 saturated carbocycles. The highest BCUT2D eigenvalue weighted by Gasteiger charge is 2.62. The van der Waals surface area contributed by atoms with Gasteiger partial charge in [0.1, 0.15) is 0 Å². The van der Waals surface area contributed by atoms with E-state index in [-0.39, 0.29) is 35.7 Å². The average Bonchev–Trinajstić information content (AvgIpc) is 3.18. The molecule has 0 amide bonds. The highest BCUT2D eigenvalue weighted by Crippen LogP contribution is 2.53. The summed E-state index contributed by atoms with van der Waals surface area (Å²) in [6, 6.07) is 0.427. The fraction of sp³-hybridized carbons (Fsp3) is 0.957. The van der Waals surface area contributed by atoms with Crippen molar-refractivity contribution in [1.29, 1.82) is 0 Å². The van der Waals surface area contributed by atoms with E-state index in [1.54, 1.807) is 0 Å². The van der Waals surface area contributed by atoms with E-state index in [9.17, 15) is 4.79 Å². The smallest absolute Gasteiger partial charge is 0.312 e. The molecule has 4 rings (SSSR count). The van der Waals surface area contributed by atoms with Crippen LogP contribution in [0.25, 0.3) is 0 Å². The van der Waals surface area contributed by atoms with E-state index in [2.05, 4.69) is 46.4 Å². The number of carbonyl (C=O) groups is 1. The molecule has 3 aliphatic heterocycles. The molecule has 0 N–H and O–H groups in total. The van der Waals surface area contributed by atoms with Crippen molar-refractivity contribution in [2.45, 2.75) is 97.6 Å². The van der Waals surface area contributed by atoms with Crippen LogP contribution in [0.3, 0.4) is 0 Å². The number of cyclic esters (lactones) is 1. The van der Waals surface area contributed by atoms with E-state index < -0.39 is 0 Å². The predicted molar refractivity (Wildman–Crippen MR) is 106 cm³/mol. The number of nitrogens with zero attached hydrogens (tertiary/aromatic N) is 1. The van der Waals surface area contributed by atoms with Gasteiger partial charge in [0, 0.05) is 11.6 Å². The highest BCUT2D eigenvalue weighted by molar-refractivity contribution is 5.76. The molecule has 4 aliphatic rings. The van der Waals surface area contributed by atoms with Crippen molar-refractivity contribution in [2.24, 2.45) is 35.5 Å². The van der Waals surface area contributed by atoms with Crippen LogP contribution in [0.4, 0.5) is 0 Å². The molecule has 0 bridgehead atoms. The van der Waals surface area contributed by atoms with Gasteiger partial charge in [0.05, 0.1) is 17.9 Å². The monoisotopic (exact) mass is 377 g/mol. The molecule has 4 heteroatoms. The molecule has 0 unspecified atom stereocenters. The third-order valence-electron chi connectivity index (χ3n) is 8.64. The number of hydrogen-bond donors (Lipinski definition) is 0. The molecule has 1 aliphatic carbocycles. The van der Waals surface area contributed by atoms with Gasteiger partial charge in [-0.1, -0.05) is 34.1 Å². The summed E-state index contributed by atoms with van der Waals surface area (Å²) < 4.78 is 12.6. The Morgan fingerprint density at radius 2 is 1.93 bits per heavy atom. The molecule has 154 valence electrons. The fourth-order valence-corrected chi connectivity index (χ4v) is 6.73. The Labute approximate surface area is 165 Å². The largest absolute Gasteiger partial charge is 0.435 e. The van der Waals surface area contributed by atoms with Gasteiger partial charge in [0.25, 0.3) is 0 Å². The van der Waals surface area contributed by atoms with Gasteiger partial charge in [-0.05, 0) is 69.7 Å². The Kier molecular flexibility index (Phi) is 5.12. The maximum absolute atomic E-state index is 12.9. The minimum atomic E-state index is -0.344. The van der Waals surface area contributed by atoms with Crippen LogP contribution in [-0.4, -0.2) is 41.4 Å². The van der Waals surface area contributed by atoms with E-state index in [1.807, 2.05) is 0 Å². The molecular formula is C23H39NO3. The topological polar surface area (TPSA) is 38.8 Å². The first kappa shape index (κ1) is 19.7. The zero-order chi connectivity index (χ0) is 19.5. The summed E-state index contributed by atoms with van der Waals surface area (Å²) in [4.78, 5) is 15.6. The minimum absolute atomic E-state index is 0.0112. The molecule has 4 fully saturated rings. The Morgan fingerprint density at radius 3 is 2.63 bits per heavy atom. The first-order chi connectivity index (χ1) is 12.7. The van der Waals surface area contributed by atoms with Gasteiger partial charge in [-0.25, -0.2) is 0 Å². The van der Waals surface area contributed by atoms with E-state index in [4.69, 9.17) is 9.47 Å². The standard InChI is InChI=1S/C23H39NO3/c1-13(2)16-10-9-14(3)12-18(16)26-22-20-17-8-7-11-24(17)23(5,6)15(4)19(20)21(25)27-22/h13-20,22H,7-12H2,1-6H3/t14-,15+,16+,17-,18-,19+,20-,22-/m1/s1. The van der Waals surface area contributed by atoms with Crippen LogP contribution in [0.1, 0.15) is 73.6 Å². The number of rotatable bonds is 3. The molecule has 0 spiro atoms. The summed E-state index contributed by atoms with van der Waals surface area (Å²) in [5, 5.41) is 0.